The van der Waals surface area contributed by atoms with Gasteiger partial charge in [-0.1, -0.05) is 27.7 Å². The van der Waals surface area contributed by atoms with Gasteiger partial charge in [-0.2, -0.15) is 0 Å². The second-order valence-corrected chi connectivity index (χ2v) is 3.55. The summed E-state index contributed by atoms with van der Waals surface area (Å²) in [6.45, 7) is 8.56. The molecular formula is C10H25NO2. The lowest BCUT2D eigenvalue weighted by atomic mass is 9.91. The van der Waals surface area contributed by atoms with Crippen molar-refractivity contribution in [3.05, 3.63) is 0 Å². The summed E-state index contributed by atoms with van der Waals surface area (Å²) >= 11 is 0. The number of aliphatic hydroxyl groups excluding tert-OH is 1. The Bertz CT molecular complexity index is 107. The Balaban J connectivity index is 0. The molecule has 0 bridgehead atoms. The summed E-state index contributed by atoms with van der Waals surface area (Å²) in [6.07, 6.45) is 0.789. The van der Waals surface area contributed by atoms with Crippen molar-refractivity contribution in [2.45, 2.75) is 39.7 Å². The van der Waals surface area contributed by atoms with Crippen LogP contribution in [-0.2, 0) is 4.74 Å². The molecule has 0 spiro atoms. The molecule has 0 fully saturated rings. The molecule has 0 saturated carbocycles. The van der Waals surface area contributed by atoms with E-state index in [4.69, 9.17) is 15.6 Å². The van der Waals surface area contributed by atoms with Gasteiger partial charge in [0.25, 0.3) is 0 Å². The first-order valence-electron chi connectivity index (χ1n) is 4.93. The van der Waals surface area contributed by atoms with Crippen LogP contribution in [0.15, 0.2) is 0 Å². The highest BCUT2D eigenvalue weighted by Gasteiger charge is 2.24. The van der Waals surface area contributed by atoms with Gasteiger partial charge in [-0.25, -0.2) is 0 Å². The first-order valence-corrected chi connectivity index (χ1v) is 4.93. The zero-order valence-corrected chi connectivity index (χ0v) is 9.63. The van der Waals surface area contributed by atoms with Gasteiger partial charge in [-0.05, 0) is 12.3 Å². The van der Waals surface area contributed by atoms with E-state index in [0.29, 0.717) is 12.5 Å². The van der Waals surface area contributed by atoms with Gasteiger partial charge < -0.3 is 15.6 Å². The average Bonchev–Trinajstić information content (AvgIpc) is 2.07. The SMILES string of the molecule is CC.COCC(N)(CO)CC(C)C. The maximum atomic E-state index is 8.96. The van der Waals surface area contributed by atoms with Gasteiger partial charge in [-0.15, -0.1) is 0 Å². The highest BCUT2D eigenvalue weighted by molar-refractivity contribution is 4.83. The Kier molecular flexibility index (Phi) is 10.0. The van der Waals surface area contributed by atoms with Gasteiger partial charge >= 0.3 is 0 Å². The highest BCUT2D eigenvalue weighted by Crippen LogP contribution is 2.13. The third kappa shape index (κ3) is 8.22. The summed E-state index contributed by atoms with van der Waals surface area (Å²) in [5, 5.41) is 8.96. The molecule has 0 rings (SSSR count). The lowest BCUT2D eigenvalue weighted by molar-refractivity contribution is 0.0739. The van der Waals surface area contributed by atoms with Crippen LogP contribution in [0, 0.1) is 5.92 Å². The minimum Gasteiger partial charge on any atom is -0.394 e. The largest absolute Gasteiger partial charge is 0.394 e. The Labute approximate surface area is 82.3 Å². The fraction of sp³-hybridized carbons (Fsp3) is 1.00. The second-order valence-electron chi connectivity index (χ2n) is 3.55. The predicted octanol–water partition coefficient (Wildman–Crippen LogP) is 1.39. The van der Waals surface area contributed by atoms with Crippen molar-refractivity contribution in [1.29, 1.82) is 0 Å². The number of rotatable bonds is 5. The summed E-state index contributed by atoms with van der Waals surface area (Å²) < 4.78 is 4.91. The lowest BCUT2D eigenvalue weighted by Gasteiger charge is -2.27. The molecule has 1 unspecified atom stereocenters. The summed E-state index contributed by atoms with van der Waals surface area (Å²) in [5.41, 5.74) is 5.28. The smallest absolute Gasteiger partial charge is 0.0665 e. The van der Waals surface area contributed by atoms with Crippen LogP contribution in [0.2, 0.25) is 0 Å². The molecule has 13 heavy (non-hydrogen) atoms. The Morgan fingerprint density at radius 1 is 1.38 bits per heavy atom. The zero-order valence-electron chi connectivity index (χ0n) is 9.63. The fourth-order valence-electron chi connectivity index (χ4n) is 1.27. The molecule has 0 amide bonds. The molecule has 0 saturated heterocycles. The lowest BCUT2D eigenvalue weighted by Crippen LogP contribution is -2.48. The average molecular weight is 191 g/mol. The van der Waals surface area contributed by atoms with Crippen LogP contribution in [0.5, 0.6) is 0 Å². The van der Waals surface area contributed by atoms with Gasteiger partial charge in [-0.3, -0.25) is 0 Å². The molecule has 1 atom stereocenters. The van der Waals surface area contributed by atoms with Gasteiger partial charge in [0.1, 0.15) is 0 Å². The van der Waals surface area contributed by atoms with Crippen molar-refractivity contribution in [2.75, 3.05) is 20.3 Å². The monoisotopic (exact) mass is 191 g/mol. The highest BCUT2D eigenvalue weighted by atomic mass is 16.5. The van der Waals surface area contributed by atoms with E-state index in [0.717, 1.165) is 6.42 Å². The first kappa shape index (κ1) is 15.4. The molecule has 0 aliphatic heterocycles. The van der Waals surface area contributed by atoms with Crippen molar-refractivity contribution < 1.29 is 9.84 Å². The molecule has 0 heterocycles. The number of nitrogens with two attached hydrogens (primary N) is 1. The normalized spacial score (nSPS) is 14.8. The van der Waals surface area contributed by atoms with Gasteiger partial charge in [0.15, 0.2) is 0 Å². The van der Waals surface area contributed by atoms with E-state index in [1.165, 1.54) is 0 Å². The third-order valence-electron chi connectivity index (χ3n) is 1.56. The zero-order chi connectivity index (χ0) is 10.9. The van der Waals surface area contributed by atoms with E-state index in [2.05, 4.69) is 13.8 Å². The Morgan fingerprint density at radius 3 is 2.08 bits per heavy atom. The standard InChI is InChI=1S/C8H19NO2.C2H6/c1-7(2)4-8(9,5-10)6-11-3;1-2/h7,10H,4-6,9H2,1-3H3;1-2H3. The minimum atomic E-state index is -0.553. The molecule has 82 valence electrons. The third-order valence-corrected chi connectivity index (χ3v) is 1.56. The minimum absolute atomic E-state index is 0.0149. The van der Waals surface area contributed by atoms with E-state index in [9.17, 15) is 0 Å². The number of hydrogen-bond acceptors (Lipinski definition) is 3. The second kappa shape index (κ2) is 8.48. The number of aliphatic hydroxyl groups is 1. The van der Waals surface area contributed by atoms with E-state index in [1.54, 1.807) is 7.11 Å². The summed E-state index contributed by atoms with van der Waals surface area (Å²) in [6, 6.07) is 0. The molecule has 0 radical (unpaired) electrons. The first-order chi connectivity index (χ1) is 6.04. The maximum Gasteiger partial charge on any atom is 0.0665 e. The summed E-state index contributed by atoms with van der Waals surface area (Å²) in [7, 11) is 1.59. The van der Waals surface area contributed by atoms with Crippen molar-refractivity contribution in [3.8, 4) is 0 Å². The molecule has 3 heteroatoms. The van der Waals surface area contributed by atoms with E-state index in [-0.39, 0.29) is 6.61 Å². The summed E-state index contributed by atoms with van der Waals surface area (Å²) in [5.74, 6) is 0.488. The van der Waals surface area contributed by atoms with Crippen LogP contribution in [0.25, 0.3) is 0 Å². The quantitative estimate of drug-likeness (QED) is 0.690. The number of hydrogen-bond donors (Lipinski definition) is 2. The van der Waals surface area contributed by atoms with Gasteiger partial charge in [0, 0.05) is 7.11 Å². The van der Waals surface area contributed by atoms with Crippen LogP contribution in [0.1, 0.15) is 34.1 Å². The molecular weight excluding hydrogens is 166 g/mol. The molecule has 0 aromatic heterocycles. The van der Waals surface area contributed by atoms with Crippen molar-refractivity contribution >= 4 is 0 Å². The van der Waals surface area contributed by atoms with Crippen LogP contribution in [0.3, 0.4) is 0 Å². The topological polar surface area (TPSA) is 55.5 Å². The molecule has 0 aromatic rings. The molecule has 0 aliphatic rings. The van der Waals surface area contributed by atoms with Crippen molar-refractivity contribution in [2.24, 2.45) is 11.7 Å². The fourth-order valence-corrected chi connectivity index (χ4v) is 1.27. The number of methoxy groups -OCH3 is 1. The molecule has 3 nitrogen and oxygen atoms in total. The maximum absolute atomic E-state index is 8.96. The van der Waals surface area contributed by atoms with Crippen LogP contribution >= 0.6 is 0 Å². The van der Waals surface area contributed by atoms with E-state index in [1.807, 2.05) is 13.8 Å². The molecule has 0 aromatic carbocycles. The molecule has 3 N–H and O–H groups in total. The van der Waals surface area contributed by atoms with Crippen LogP contribution < -0.4 is 5.73 Å². The van der Waals surface area contributed by atoms with Gasteiger partial charge in [0.2, 0.25) is 0 Å². The summed E-state index contributed by atoms with van der Waals surface area (Å²) in [4.78, 5) is 0. The Hall–Kier alpha value is -0.120. The number of ether oxygens (including phenoxy) is 1. The van der Waals surface area contributed by atoms with Crippen LogP contribution in [-0.4, -0.2) is 31.0 Å². The van der Waals surface area contributed by atoms with E-state index < -0.39 is 5.54 Å². The molecule has 0 aliphatic carbocycles. The predicted molar refractivity (Wildman–Crippen MR) is 56.7 cm³/mol. The van der Waals surface area contributed by atoms with Crippen LogP contribution in [0.4, 0.5) is 0 Å². The van der Waals surface area contributed by atoms with Gasteiger partial charge in [0.05, 0.1) is 18.8 Å². The van der Waals surface area contributed by atoms with Crippen molar-refractivity contribution in [3.63, 3.8) is 0 Å². The Morgan fingerprint density at radius 2 is 1.85 bits per heavy atom. The van der Waals surface area contributed by atoms with Crippen molar-refractivity contribution in [1.82, 2.24) is 0 Å². The van der Waals surface area contributed by atoms with E-state index >= 15 is 0 Å².